The van der Waals surface area contributed by atoms with Crippen molar-refractivity contribution in [2.24, 2.45) is 0 Å². The Hall–Kier alpha value is -4.71. The highest BCUT2D eigenvalue weighted by Gasteiger charge is 2.19. The van der Waals surface area contributed by atoms with Gasteiger partial charge in [-0.1, -0.05) is 244 Å². The standard InChI is InChI=1S/C68H108O6/c1-4-7-10-13-16-18-20-22-24-26-27-28-29-30-31-32-33-34-35-36-37-38-39-40-41-42-44-45-47-49-52-55-58-61-67(70)73-64-65(63-72-66(69)60-57-54-51-15-12-9-6-3)74-68(71)62-59-56-53-50-48-46-43-25-23-21-19-17-14-11-8-5-2/h7,10,16,18-19,21-22,24-25,27-28,30-31,33-34,36-37,39-40,42-44,47,49,65H,4-6,8-9,11-15,17,20,23,26,29,32,35,38,41,45-46,48,50-64H2,1-3H3/b10-7-,18-16-,21-19-,24-22-,28-27-,31-30-,34-33-,37-36-,40-39-,43-25-,44-42-,49-47-. The summed E-state index contributed by atoms with van der Waals surface area (Å²) >= 11 is 0. The normalized spacial score (nSPS) is 13.2. The molecule has 0 saturated carbocycles. The maximum absolute atomic E-state index is 12.8. The van der Waals surface area contributed by atoms with E-state index in [0.717, 1.165) is 141 Å². The van der Waals surface area contributed by atoms with Crippen molar-refractivity contribution in [2.45, 2.75) is 252 Å². The molecule has 0 rings (SSSR count). The van der Waals surface area contributed by atoms with E-state index in [0.29, 0.717) is 25.7 Å². The summed E-state index contributed by atoms with van der Waals surface area (Å²) < 4.78 is 16.7. The molecule has 6 heteroatoms. The molecule has 0 saturated heterocycles. The van der Waals surface area contributed by atoms with Gasteiger partial charge in [-0.2, -0.15) is 0 Å². The number of hydrogen-bond acceptors (Lipinski definition) is 6. The molecule has 0 aromatic heterocycles. The Morgan fingerprint density at radius 3 is 0.865 bits per heavy atom. The van der Waals surface area contributed by atoms with Crippen LogP contribution in [0.2, 0.25) is 0 Å². The average molecular weight is 1020 g/mol. The molecule has 0 aliphatic heterocycles. The van der Waals surface area contributed by atoms with Crippen LogP contribution in [0.5, 0.6) is 0 Å². The van der Waals surface area contributed by atoms with Gasteiger partial charge < -0.3 is 14.2 Å². The van der Waals surface area contributed by atoms with Gasteiger partial charge in [-0.3, -0.25) is 14.4 Å². The maximum Gasteiger partial charge on any atom is 0.306 e. The van der Waals surface area contributed by atoms with E-state index in [1.807, 2.05) is 0 Å². The van der Waals surface area contributed by atoms with Crippen molar-refractivity contribution in [3.8, 4) is 0 Å². The highest BCUT2D eigenvalue weighted by atomic mass is 16.6. The van der Waals surface area contributed by atoms with Crippen molar-refractivity contribution in [1.29, 1.82) is 0 Å². The SMILES string of the molecule is CC/C=C\C/C=C\C/C=C\C/C=C\C/C=C\C/C=C\C/C=C\C/C=C\C/C=C\C/C=C\CCCCC(=O)OCC(COC(=O)CCCCCCCCC)OC(=O)CCCCCCC/C=C\C/C=C\CCCCCC. The van der Waals surface area contributed by atoms with Gasteiger partial charge in [0.05, 0.1) is 0 Å². The molecule has 0 heterocycles. The Morgan fingerprint density at radius 2 is 0.527 bits per heavy atom. The molecule has 416 valence electrons. The third-order valence-corrected chi connectivity index (χ3v) is 12.1. The zero-order chi connectivity index (χ0) is 53.6. The molecule has 74 heavy (non-hydrogen) atoms. The molecular weight excluding hydrogens is 913 g/mol. The highest BCUT2D eigenvalue weighted by Crippen LogP contribution is 2.13. The summed E-state index contributed by atoms with van der Waals surface area (Å²) in [4.78, 5) is 37.9. The number of unbranched alkanes of at least 4 members (excludes halogenated alkanes) is 17. The van der Waals surface area contributed by atoms with E-state index in [4.69, 9.17) is 14.2 Å². The third-order valence-electron chi connectivity index (χ3n) is 12.1. The van der Waals surface area contributed by atoms with E-state index < -0.39 is 6.10 Å². The fraction of sp³-hybridized carbons (Fsp3) is 0.603. The molecule has 1 unspecified atom stereocenters. The Labute approximate surface area is 455 Å². The molecule has 0 bridgehead atoms. The van der Waals surface area contributed by atoms with Gasteiger partial charge in [-0.15, -0.1) is 0 Å². The number of rotatable bonds is 52. The largest absolute Gasteiger partial charge is 0.462 e. The topological polar surface area (TPSA) is 78.9 Å². The summed E-state index contributed by atoms with van der Waals surface area (Å²) in [6.07, 6.45) is 87.3. The first kappa shape index (κ1) is 69.3. The van der Waals surface area contributed by atoms with Gasteiger partial charge in [0.1, 0.15) is 13.2 Å². The average Bonchev–Trinajstić information content (AvgIpc) is 3.40. The van der Waals surface area contributed by atoms with Crippen LogP contribution in [-0.2, 0) is 28.6 Å². The predicted molar refractivity (Wildman–Crippen MR) is 320 cm³/mol. The first-order valence-corrected chi connectivity index (χ1v) is 29.8. The van der Waals surface area contributed by atoms with Crippen molar-refractivity contribution < 1.29 is 28.6 Å². The molecule has 0 aliphatic rings. The molecule has 0 radical (unpaired) electrons. The molecule has 0 aliphatic carbocycles. The lowest BCUT2D eigenvalue weighted by atomic mass is 10.1. The van der Waals surface area contributed by atoms with E-state index >= 15 is 0 Å². The van der Waals surface area contributed by atoms with E-state index in [2.05, 4.69) is 167 Å². The summed E-state index contributed by atoms with van der Waals surface area (Å²) in [5.41, 5.74) is 0. The van der Waals surface area contributed by atoms with Gasteiger partial charge in [0.15, 0.2) is 6.10 Å². The zero-order valence-corrected chi connectivity index (χ0v) is 47.5. The first-order chi connectivity index (χ1) is 36.5. The molecular formula is C68H108O6. The third kappa shape index (κ3) is 58.2. The van der Waals surface area contributed by atoms with Crippen LogP contribution >= 0.6 is 0 Å². The summed E-state index contributed by atoms with van der Waals surface area (Å²) in [5.74, 6) is -0.974. The minimum Gasteiger partial charge on any atom is -0.462 e. The molecule has 1 atom stereocenters. The van der Waals surface area contributed by atoms with Gasteiger partial charge in [-0.05, 0) is 128 Å². The smallest absolute Gasteiger partial charge is 0.306 e. The summed E-state index contributed by atoms with van der Waals surface area (Å²) in [5, 5.41) is 0. The summed E-state index contributed by atoms with van der Waals surface area (Å²) in [7, 11) is 0. The molecule has 0 aromatic rings. The molecule has 0 amide bonds. The van der Waals surface area contributed by atoms with Gasteiger partial charge >= 0.3 is 17.9 Å². The lowest BCUT2D eigenvalue weighted by Crippen LogP contribution is -2.30. The quantitative estimate of drug-likeness (QED) is 0.0261. The first-order valence-electron chi connectivity index (χ1n) is 29.8. The monoisotopic (exact) mass is 1020 g/mol. The number of carbonyl (C=O) groups excluding carboxylic acids is 3. The van der Waals surface area contributed by atoms with Crippen LogP contribution in [0.3, 0.4) is 0 Å². The number of carbonyl (C=O) groups is 3. The van der Waals surface area contributed by atoms with Crippen LogP contribution in [0.4, 0.5) is 0 Å². The van der Waals surface area contributed by atoms with Crippen molar-refractivity contribution in [1.82, 2.24) is 0 Å². The van der Waals surface area contributed by atoms with Gasteiger partial charge in [0, 0.05) is 19.3 Å². The van der Waals surface area contributed by atoms with Crippen LogP contribution in [0.1, 0.15) is 245 Å². The van der Waals surface area contributed by atoms with E-state index in [1.165, 1.54) is 57.8 Å². The van der Waals surface area contributed by atoms with E-state index in [-0.39, 0.29) is 31.1 Å². The van der Waals surface area contributed by atoms with Gasteiger partial charge in [0.25, 0.3) is 0 Å². The van der Waals surface area contributed by atoms with Crippen molar-refractivity contribution in [3.05, 3.63) is 146 Å². The Kier molecular flexibility index (Phi) is 57.0. The van der Waals surface area contributed by atoms with Crippen molar-refractivity contribution >= 4 is 17.9 Å². The Bertz CT molecular complexity index is 1640. The molecule has 0 fully saturated rings. The second kappa shape index (κ2) is 60.8. The molecule has 6 nitrogen and oxygen atoms in total. The fourth-order valence-electron chi connectivity index (χ4n) is 7.62. The second-order valence-electron chi connectivity index (χ2n) is 19.2. The summed E-state index contributed by atoms with van der Waals surface area (Å²) in [6.45, 7) is 6.40. The molecule has 0 spiro atoms. The van der Waals surface area contributed by atoms with Crippen LogP contribution in [0.15, 0.2) is 146 Å². The number of hydrogen-bond donors (Lipinski definition) is 0. The van der Waals surface area contributed by atoms with Crippen LogP contribution < -0.4 is 0 Å². The van der Waals surface area contributed by atoms with Crippen LogP contribution in [0.25, 0.3) is 0 Å². The van der Waals surface area contributed by atoms with Crippen molar-refractivity contribution in [3.63, 3.8) is 0 Å². The van der Waals surface area contributed by atoms with E-state index in [1.54, 1.807) is 0 Å². The fourth-order valence-corrected chi connectivity index (χ4v) is 7.62. The van der Waals surface area contributed by atoms with Crippen LogP contribution in [0, 0.1) is 0 Å². The summed E-state index contributed by atoms with van der Waals surface area (Å²) in [6, 6.07) is 0. The number of ether oxygens (including phenoxy) is 3. The van der Waals surface area contributed by atoms with Crippen LogP contribution in [-0.4, -0.2) is 37.2 Å². The Balaban J connectivity index is 4.28. The van der Waals surface area contributed by atoms with Gasteiger partial charge in [0.2, 0.25) is 0 Å². The number of allylic oxidation sites excluding steroid dienone is 24. The lowest BCUT2D eigenvalue weighted by molar-refractivity contribution is -0.167. The minimum absolute atomic E-state index is 0.101. The van der Waals surface area contributed by atoms with Gasteiger partial charge in [-0.25, -0.2) is 0 Å². The second-order valence-corrected chi connectivity index (χ2v) is 19.2. The highest BCUT2D eigenvalue weighted by molar-refractivity contribution is 5.71. The van der Waals surface area contributed by atoms with E-state index in [9.17, 15) is 14.4 Å². The zero-order valence-electron chi connectivity index (χ0n) is 47.5. The molecule has 0 aromatic carbocycles. The predicted octanol–water partition coefficient (Wildman–Crippen LogP) is 20.4. The maximum atomic E-state index is 12.8. The number of esters is 3. The minimum atomic E-state index is -0.806. The lowest BCUT2D eigenvalue weighted by Gasteiger charge is -2.18. The van der Waals surface area contributed by atoms with Crippen molar-refractivity contribution in [2.75, 3.05) is 13.2 Å². The Morgan fingerprint density at radius 1 is 0.284 bits per heavy atom. The molecule has 0 N–H and O–H groups in total.